The van der Waals surface area contributed by atoms with Gasteiger partial charge in [0.1, 0.15) is 6.54 Å². The minimum Gasteiger partial charge on any atom is -0.342 e. The molecule has 0 radical (unpaired) electrons. The van der Waals surface area contributed by atoms with E-state index in [0.717, 1.165) is 0 Å². The van der Waals surface area contributed by atoms with Crippen molar-refractivity contribution >= 4 is 17.5 Å². The summed E-state index contributed by atoms with van der Waals surface area (Å²) < 4.78 is 39.1. The van der Waals surface area contributed by atoms with E-state index in [9.17, 15) is 32.9 Å². The van der Waals surface area contributed by atoms with Crippen LogP contribution in [-0.2, 0) is 16.1 Å². The lowest BCUT2D eigenvalue weighted by Crippen LogP contribution is -2.42. The SMILES string of the molecule is CC(C)CN1C[C@@H](C(=O)N(Cc2ccccc2[N+](=O)[O-])CC(F)(F)F)CC1=O. The standard InChI is InChI=1S/C18H22F3N3O4/c1-12(2)8-22-10-14(7-16(22)25)17(26)23(11-18(19,20)21)9-13-5-3-4-6-15(13)24(27)28/h3-6,12,14H,7-11H2,1-2H3/t14-/m0/s1. The monoisotopic (exact) mass is 401 g/mol. The molecule has 0 bridgehead atoms. The van der Waals surface area contributed by atoms with Gasteiger partial charge in [-0.05, 0) is 5.92 Å². The highest BCUT2D eigenvalue weighted by atomic mass is 19.4. The summed E-state index contributed by atoms with van der Waals surface area (Å²) >= 11 is 0. The maximum Gasteiger partial charge on any atom is 0.406 e. The largest absolute Gasteiger partial charge is 0.406 e. The number of nitrogens with zero attached hydrogens (tertiary/aromatic N) is 3. The van der Waals surface area contributed by atoms with Gasteiger partial charge in [0, 0.05) is 31.1 Å². The Hall–Kier alpha value is -2.65. The fourth-order valence-corrected chi connectivity index (χ4v) is 3.27. The lowest BCUT2D eigenvalue weighted by Gasteiger charge is -2.27. The highest BCUT2D eigenvalue weighted by molar-refractivity contribution is 5.89. The molecule has 1 heterocycles. The van der Waals surface area contributed by atoms with Crippen molar-refractivity contribution in [2.24, 2.45) is 11.8 Å². The first-order valence-corrected chi connectivity index (χ1v) is 8.83. The second kappa shape index (κ2) is 8.57. The molecule has 1 atom stereocenters. The molecule has 28 heavy (non-hydrogen) atoms. The van der Waals surface area contributed by atoms with Crippen LogP contribution < -0.4 is 0 Å². The van der Waals surface area contributed by atoms with Crippen molar-refractivity contribution in [1.29, 1.82) is 0 Å². The summed E-state index contributed by atoms with van der Waals surface area (Å²) in [5.41, 5.74) is -0.347. The number of para-hydroxylation sites is 1. The second-order valence-electron chi connectivity index (χ2n) is 7.29. The molecule has 2 amide bonds. The fraction of sp³-hybridized carbons (Fsp3) is 0.556. The predicted octanol–water partition coefficient (Wildman–Crippen LogP) is 2.99. The molecule has 10 heteroatoms. The number of alkyl halides is 3. The molecule has 1 aromatic carbocycles. The zero-order chi connectivity index (χ0) is 21.1. The van der Waals surface area contributed by atoms with E-state index in [1.807, 2.05) is 13.8 Å². The number of benzene rings is 1. The highest BCUT2D eigenvalue weighted by Crippen LogP contribution is 2.27. The molecule has 154 valence electrons. The third kappa shape index (κ3) is 5.67. The smallest absolute Gasteiger partial charge is 0.342 e. The van der Waals surface area contributed by atoms with Crippen molar-refractivity contribution in [3.05, 3.63) is 39.9 Å². The van der Waals surface area contributed by atoms with Gasteiger partial charge in [-0.1, -0.05) is 32.0 Å². The van der Waals surface area contributed by atoms with Crippen molar-refractivity contribution in [2.75, 3.05) is 19.6 Å². The minimum absolute atomic E-state index is 0.00783. The molecule has 0 aromatic heterocycles. The molecular weight excluding hydrogens is 379 g/mol. The van der Waals surface area contributed by atoms with Crippen LogP contribution >= 0.6 is 0 Å². The Labute approximate surface area is 160 Å². The van der Waals surface area contributed by atoms with Gasteiger partial charge in [0.25, 0.3) is 5.69 Å². The quantitative estimate of drug-likeness (QED) is 0.519. The van der Waals surface area contributed by atoms with E-state index >= 15 is 0 Å². The molecule has 1 aliphatic heterocycles. The van der Waals surface area contributed by atoms with Crippen molar-refractivity contribution in [3.8, 4) is 0 Å². The fourth-order valence-electron chi connectivity index (χ4n) is 3.27. The van der Waals surface area contributed by atoms with Crippen molar-refractivity contribution in [1.82, 2.24) is 9.80 Å². The van der Waals surface area contributed by atoms with Crippen LogP contribution in [-0.4, -0.2) is 52.3 Å². The van der Waals surface area contributed by atoms with E-state index in [1.54, 1.807) is 0 Å². The summed E-state index contributed by atoms with van der Waals surface area (Å²) in [5, 5.41) is 11.1. The molecule has 0 saturated carbocycles. The number of rotatable bonds is 7. The van der Waals surface area contributed by atoms with E-state index in [0.29, 0.717) is 11.4 Å². The third-order valence-corrected chi connectivity index (χ3v) is 4.38. The molecule has 7 nitrogen and oxygen atoms in total. The van der Waals surface area contributed by atoms with Crippen LogP contribution in [0.1, 0.15) is 25.8 Å². The van der Waals surface area contributed by atoms with Crippen molar-refractivity contribution in [3.63, 3.8) is 0 Å². The van der Waals surface area contributed by atoms with Crippen LogP contribution in [0.4, 0.5) is 18.9 Å². The molecule has 1 aliphatic rings. The molecular formula is C18H22F3N3O4. The minimum atomic E-state index is -4.67. The summed E-state index contributed by atoms with van der Waals surface area (Å²) in [4.78, 5) is 37.3. The van der Waals surface area contributed by atoms with Gasteiger partial charge >= 0.3 is 6.18 Å². The molecule has 0 unspecified atom stereocenters. The van der Waals surface area contributed by atoms with Crippen LogP contribution in [0.2, 0.25) is 0 Å². The lowest BCUT2D eigenvalue weighted by molar-refractivity contribution is -0.385. The normalized spacial score (nSPS) is 17.3. The topological polar surface area (TPSA) is 83.8 Å². The Balaban J connectivity index is 2.23. The molecule has 2 rings (SSSR count). The van der Waals surface area contributed by atoms with Gasteiger partial charge in [-0.3, -0.25) is 19.7 Å². The zero-order valence-corrected chi connectivity index (χ0v) is 15.6. The maximum absolute atomic E-state index is 13.0. The van der Waals surface area contributed by atoms with Crippen LogP contribution in [0.5, 0.6) is 0 Å². The van der Waals surface area contributed by atoms with Gasteiger partial charge < -0.3 is 9.80 Å². The van der Waals surface area contributed by atoms with Crippen molar-refractivity contribution < 1.29 is 27.7 Å². The summed E-state index contributed by atoms with van der Waals surface area (Å²) in [6, 6.07) is 5.35. The van der Waals surface area contributed by atoms with Crippen LogP contribution in [0.3, 0.4) is 0 Å². The van der Waals surface area contributed by atoms with Crippen LogP contribution in [0.15, 0.2) is 24.3 Å². The molecule has 0 N–H and O–H groups in total. The highest BCUT2D eigenvalue weighted by Gasteiger charge is 2.40. The van der Waals surface area contributed by atoms with Gasteiger partial charge in [-0.2, -0.15) is 13.2 Å². The molecule has 1 fully saturated rings. The van der Waals surface area contributed by atoms with Gasteiger partial charge in [0.05, 0.1) is 17.4 Å². The lowest BCUT2D eigenvalue weighted by atomic mass is 10.1. The number of hydrogen-bond acceptors (Lipinski definition) is 4. The Bertz CT molecular complexity index is 752. The van der Waals surface area contributed by atoms with E-state index < -0.39 is 36.0 Å². The zero-order valence-electron chi connectivity index (χ0n) is 15.6. The van der Waals surface area contributed by atoms with Crippen LogP contribution in [0, 0.1) is 22.0 Å². The number of amides is 2. The first kappa shape index (κ1) is 21.6. The van der Waals surface area contributed by atoms with Crippen LogP contribution in [0.25, 0.3) is 0 Å². The van der Waals surface area contributed by atoms with Crippen molar-refractivity contribution in [2.45, 2.75) is 33.0 Å². The summed E-state index contributed by atoms with van der Waals surface area (Å²) in [6.07, 6.45) is -4.82. The van der Waals surface area contributed by atoms with Gasteiger partial charge in [-0.25, -0.2) is 0 Å². The number of carbonyl (C=O) groups excluding carboxylic acids is 2. The van der Waals surface area contributed by atoms with E-state index in [1.165, 1.54) is 29.2 Å². The molecule has 0 aliphatic carbocycles. The Morgan fingerprint density at radius 1 is 1.36 bits per heavy atom. The molecule has 1 aromatic rings. The Kier molecular flexibility index (Phi) is 6.63. The summed E-state index contributed by atoms with van der Waals surface area (Å²) in [5.74, 6) is -1.83. The first-order chi connectivity index (χ1) is 13.0. The van der Waals surface area contributed by atoms with Gasteiger partial charge in [0.15, 0.2) is 0 Å². The Morgan fingerprint density at radius 2 is 2.00 bits per heavy atom. The average Bonchev–Trinajstić information content (AvgIpc) is 2.92. The third-order valence-electron chi connectivity index (χ3n) is 4.38. The Morgan fingerprint density at radius 3 is 2.57 bits per heavy atom. The van der Waals surface area contributed by atoms with Gasteiger partial charge in [0.2, 0.25) is 11.8 Å². The van der Waals surface area contributed by atoms with E-state index in [4.69, 9.17) is 0 Å². The summed E-state index contributed by atoms with van der Waals surface area (Å²) in [7, 11) is 0. The molecule has 0 spiro atoms. The first-order valence-electron chi connectivity index (χ1n) is 8.83. The number of nitro benzene ring substituents is 1. The number of halogens is 3. The summed E-state index contributed by atoms with van der Waals surface area (Å²) in [6.45, 7) is 2.18. The molecule has 1 saturated heterocycles. The number of carbonyl (C=O) groups is 2. The van der Waals surface area contributed by atoms with Gasteiger partial charge in [-0.15, -0.1) is 0 Å². The van der Waals surface area contributed by atoms with E-state index in [2.05, 4.69) is 0 Å². The average molecular weight is 401 g/mol. The number of nitro groups is 1. The maximum atomic E-state index is 13.0. The predicted molar refractivity (Wildman–Crippen MR) is 94.1 cm³/mol. The second-order valence-corrected chi connectivity index (χ2v) is 7.29. The number of likely N-dealkylation sites (tertiary alicyclic amines) is 1. The number of hydrogen-bond donors (Lipinski definition) is 0. The van der Waals surface area contributed by atoms with E-state index in [-0.39, 0.29) is 36.0 Å².